The fourth-order valence-corrected chi connectivity index (χ4v) is 2.77. The molecular formula is C15H20F4N2O2. The van der Waals surface area contributed by atoms with Crippen molar-refractivity contribution in [2.24, 2.45) is 0 Å². The van der Waals surface area contributed by atoms with Crippen LogP contribution >= 0.6 is 0 Å². The van der Waals surface area contributed by atoms with E-state index in [4.69, 9.17) is 5.11 Å². The first-order valence-electron chi connectivity index (χ1n) is 7.51. The van der Waals surface area contributed by atoms with Crippen molar-refractivity contribution < 1.29 is 27.4 Å². The van der Waals surface area contributed by atoms with E-state index in [0.717, 1.165) is 38.3 Å². The Morgan fingerprint density at radius 3 is 2.52 bits per heavy atom. The molecule has 130 valence electrons. The zero-order chi connectivity index (χ0) is 16.9. The molecule has 1 saturated heterocycles. The second kappa shape index (κ2) is 7.94. The van der Waals surface area contributed by atoms with Crippen molar-refractivity contribution in [2.75, 3.05) is 32.8 Å². The van der Waals surface area contributed by atoms with Gasteiger partial charge in [0.25, 0.3) is 0 Å². The van der Waals surface area contributed by atoms with Crippen LogP contribution in [0.3, 0.4) is 0 Å². The number of ether oxygens (including phenoxy) is 1. The third-order valence-electron chi connectivity index (χ3n) is 3.79. The van der Waals surface area contributed by atoms with Crippen LogP contribution in [0, 0.1) is 5.82 Å². The summed E-state index contributed by atoms with van der Waals surface area (Å²) in [6.45, 7) is 3.14. The van der Waals surface area contributed by atoms with E-state index in [1.807, 2.05) is 0 Å². The van der Waals surface area contributed by atoms with Crippen LogP contribution in [0.2, 0.25) is 0 Å². The Morgan fingerprint density at radius 1 is 1.26 bits per heavy atom. The van der Waals surface area contributed by atoms with Gasteiger partial charge in [-0.1, -0.05) is 6.07 Å². The van der Waals surface area contributed by atoms with E-state index in [1.165, 1.54) is 6.07 Å². The van der Waals surface area contributed by atoms with Gasteiger partial charge in [-0.3, -0.25) is 4.90 Å². The van der Waals surface area contributed by atoms with Crippen molar-refractivity contribution >= 4 is 0 Å². The number of hydrogen-bond donors (Lipinski definition) is 2. The summed E-state index contributed by atoms with van der Waals surface area (Å²) in [5.74, 6) is -1.87. The van der Waals surface area contributed by atoms with Gasteiger partial charge in [-0.15, -0.1) is 13.2 Å². The second-order valence-corrected chi connectivity index (χ2v) is 5.41. The van der Waals surface area contributed by atoms with E-state index in [1.54, 1.807) is 0 Å². The quantitative estimate of drug-likeness (QED) is 0.784. The van der Waals surface area contributed by atoms with Crippen molar-refractivity contribution in [2.45, 2.75) is 25.2 Å². The topological polar surface area (TPSA) is 44.7 Å². The van der Waals surface area contributed by atoms with Crippen LogP contribution in [0.4, 0.5) is 17.6 Å². The van der Waals surface area contributed by atoms with Crippen LogP contribution in [-0.2, 0) is 0 Å². The Labute approximate surface area is 132 Å². The molecule has 23 heavy (non-hydrogen) atoms. The number of aliphatic hydroxyl groups is 1. The van der Waals surface area contributed by atoms with E-state index in [0.29, 0.717) is 18.4 Å². The van der Waals surface area contributed by atoms with Gasteiger partial charge in [-0.05, 0) is 30.5 Å². The van der Waals surface area contributed by atoms with Gasteiger partial charge in [0.1, 0.15) is 0 Å². The van der Waals surface area contributed by atoms with Crippen molar-refractivity contribution in [3.8, 4) is 5.75 Å². The monoisotopic (exact) mass is 336 g/mol. The summed E-state index contributed by atoms with van der Waals surface area (Å²) < 4.78 is 54.2. The minimum Gasteiger partial charge on any atom is -0.403 e. The summed E-state index contributed by atoms with van der Waals surface area (Å²) in [5.41, 5.74) is 0.590. The second-order valence-electron chi connectivity index (χ2n) is 5.41. The number of alkyl halides is 3. The van der Waals surface area contributed by atoms with Crippen LogP contribution in [0.25, 0.3) is 0 Å². The van der Waals surface area contributed by atoms with E-state index < -0.39 is 17.9 Å². The Bertz CT molecular complexity index is 505. The molecule has 1 fully saturated rings. The predicted molar refractivity (Wildman–Crippen MR) is 76.6 cm³/mol. The van der Waals surface area contributed by atoms with Crippen LogP contribution in [-0.4, -0.2) is 49.2 Å². The molecule has 0 aliphatic carbocycles. The maximum Gasteiger partial charge on any atom is 0.573 e. The molecule has 0 saturated carbocycles. The molecule has 4 nitrogen and oxygen atoms in total. The maximum atomic E-state index is 13.9. The molecule has 0 bridgehead atoms. The van der Waals surface area contributed by atoms with Crippen LogP contribution in [0.15, 0.2) is 18.2 Å². The third-order valence-corrected chi connectivity index (χ3v) is 3.79. The Morgan fingerprint density at radius 2 is 1.96 bits per heavy atom. The summed E-state index contributed by atoms with van der Waals surface area (Å²) >= 11 is 0. The standard InChI is InChI=1S/C15H20F4N2O2/c16-12-10-11(3-4-14(12)23-15(17,18)19)13(2-1-9-22)21-7-5-20-6-8-21/h3-4,10,13,20,22H,1-2,5-9H2/t13-/m1/s1. The summed E-state index contributed by atoms with van der Waals surface area (Å²) in [6.07, 6.45) is -3.77. The molecular weight excluding hydrogens is 316 g/mol. The number of aliphatic hydroxyl groups excluding tert-OH is 1. The number of hydrogen-bond acceptors (Lipinski definition) is 4. The molecule has 0 amide bonds. The minimum absolute atomic E-state index is 0.0142. The van der Waals surface area contributed by atoms with E-state index in [-0.39, 0.29) is 12.6 Å². The van der Waals surface area contributed by atoms with Crippen molar-refractivity contribution in [1.82, 2.24) is 10.2 Å². The fourth-order valence-electron chi connectivity index (χ4n) is 2.77. The molecule has 0 unspecified atom stereocenters. The number of nitrogens with zero attached hydrogens (tertiary/aromatic N) is 1. The highest BCUT2D eigenvalue weighted by Crippen LogP contribution is 2.31. The average molecular weight is 336 g/mol. The van der Waals surface area contributed by atoms with E-state index in [9.17, 15) is 17.6 Å². The lowest BCUT2D eigenvalue weighted by atomic mass is 9.99. The van der Waals surface area contributed by atoms with Gasteiger partial charge in [0.05, 0.1) is 0 Å². The van der Waals surface area contributed by atoms with Crippen LogP contribution < -0.4 is 10.1 Å². The van der Waals surface area contributed by atoms with Gasteiger partial charge in [0, 0.05) is 38.8 Å². The summed E-state index contributed by atoms with van der Waals surface area (Å²) in [6, 6.07) is 3.41. The normalized spacial score (nSPS) is 18.0. The average Bonchev–Trinajstić information content (AvgIpc) is 2.50. The van der Waals surface area contributed by atoms with E-state index in [2.05, 4.69) is 15.0 Å². The fraction of sp³-hybridized carbons (Fsp3) is 0.600. The maximum absolute atomic E-state index is 13.9. The largest absolute Gasteiger partial charge is 0.573 e. The summed E-state index contributed by atoms with van der Waals surface area (Å²) in [7, 11) is 0. The summed E-state index contributed by atoms with van der Waals surface area (Å²) in [5, 5.41) is 12.3. The van der Waals surface area contributed by atoms with Gasteiger partial charge < -0.3 is 15.2 Å². The SMILES string of the molecule is OCCC[C@H](c1ccc(OC(F)(F)F)c(F)c1)N1CCNCC1. The van der Waals surface area contributed by atoms with Crippen LogP contribution in [0.5, 0.6) is 5.75 Å². The Hall–Kier alpha value is -1.38. The number of nitrogens with one attached hydrogen (secondary N) is 1. The molecule has 1 heterocycles. The molecule has 0 radical (unpaired) electrons. The first kappa shape index (κ1) is 18.0. The highest BCUT2D eigenvalue weighted by atomic mass is 19.4. The first-order valence-corrected chi connectivity index (χ1v) is 7.51. The number of rotatable bonds is 6. The molecule has 2 rings (SSSR count). The van der Waals surface area contributed by atoms with Crippen molar-refractivity contribution in [3.05, 3.63) is 29.6 Å². The molecule has 0 spiro atoms. The number of halogens is 4. The van der Waals surface area contributed by atoms with Crippen LogP contribution in [0.1, 0.15) is 24.4 Å². The number of piperazine rings is 1. The lowest BCUT2D eigenvalue weighted by Gasteiger charge is -2.35. The minimum atomic E-state index is -4.92. The molecule has 2 N–H and O–H groups in total. The van der Waals surface area contributed by atoms with E-state index >= 15 is 0 Å². The van der Waals surface area contributed by atoms with Crippen molar-refractivity contribution in [1.29, 1.82) is 0 Å². The molecule has 1 aliphatic rings. The highest BCUT2D eigenvalue weighted by molar-refractivity contribution is 5.31. The lowest BCUT2D eigenvalue weighted by molar-refractivity contribution is -0.275. The van der Waals surface area contributed by atoms with Gasteiger partial charge in [0.15, 0.2) is 11.6 Å². The summed E-state index contributed by atoms with van der Waals surface area (Å²) in [4.78, 5) is 2.14. The molecule has 1 aromatic rings. The predicted octanol–water partition coefficient (Wildman–Crippen LogP) is 2.44. The molecule has 8 heteroatoms. The van der Waals surface area contributed by atoms with Gasteiger partial charge in [0.2, 0.25) is 0 Å². The van der Waals surface area contributed by atoms with Gasteiger partial charge in [-0.25, -0.2) is 4.39 Å². The lowest BCUT2D eigenvalue weighted by Crippen LogP contribution is -2.45. The molecule has 1 aliphatic heterocycles. The highest BCUT2D eigenvalue weighted by Gasteiger charge is 2.32. The molecule has 1 atom stereocenters. The van der Waals surface area contributed by atoms with Crippen molar-refractivity contribution in [3.63, 3.8) is 0 Å². The smallest absolute Gasteiger partial charge is 0.403 e. The number of benzene rings is 1. The molecule has 0 aromatic heterocycles. The Kier molecular flexibility index (Phi) is 6.20. The Balaban J connectivity index is 2.18. The third kappa shape index (κ3) is 5.33. The molecule has 1 aromatic carbocycles. The van der Waals surface area contributed by atoms with Gasteiger partial charge >= 0.3 is 6.36 Å². The first-order chi connectivity index (χ1) is 10.9. The zero-order valence-electron chi connectivity index (χ0n) is 12.6. The van der Waals surface area contributed by atoms with Gasteiger partial charge in [-0.2, -0.15) is 0 Å². The zero-order valence-corrected chi connectivity index (χ0v) is 12.6.